The number of aryl methyl sites for hydroxylation is 1. The second-order valence-electron chi connectivity index (χ2n) is 7.19. The van der Waals surface area contributed by atoms with Crippen LogP contribution in [0.15, 0.2) is 41.3 Å². The van der Waals surface area contributed by atoms with Gasteiger partial charge in [0.05, 0.1) is 16.4 Å². The molecule has 0 aliphatic heterocycles. The van der Waals surface area contributed by atoms with E-state index in [1.807, 2.05) is 18.2 Å². The molecule has 0 saturated carbocycles. The van der Waals surface area contributed by atoms with Crippen LogP contribution in [0, 0.1) is 10.1 Å². The van der Waals surface area contributed by atoms with Crippen molar-refractivity contribution in [3.05, 3.63) is 63.2 Å². The third-order valence-electron chi connectivity index (χ3n) is 5.35. The first-order valence-corrected chi connectivity index (χ1v) is 11.4. The van der Waals surface area contributed by atoms with Crippen molar-refractivity contribution in [2.24, 2.45) is 5.14 Å². The van der Waals surface area contributed by atoms with Gasteiger partial charge in [-0.3, -0.25) is 10.1 Å². The molecule has 2 aromatic rings. The van der Waals surface area contributed by atoms with E-state index in [1.54, 1.807) is 0 Å². The van der Waals surface area contributed by atoms with E-state index in [2.05, 4.69) is 0 Å². The monoisotopic (exact) mass is 470 g/mol. The minimum atomic E-state index is -4.06. The van der Waals surface area contributed by atoms with Gasteiger partial charge in [-0.05, 0) is 48.6 Å². The van der Waals surface area contributed by atoms with Gasteiger partial charge in [0.1, 0.15) is 0 Å². The van der Waals surface area contributed by atoms with Crippen LogP contribution in [0.2, 0.25) is 0 Å². The SMILES string of the molecule is COC(Cl)(OC)c1ccc2c(c1)CCCC2COc1ccc(S(N)(=O)=O)cc1[N+](=O)[O-]. The minimum absolute atomic E-state index is 0.00476. The molecule has 9 nitrogen and oxygen atoms in total. The fraction of sp³-hybridized carbons (Fsp3) is 0.400. The quantitative estimate of drug-likeness (QED) is 0.270. The van der Waals surface area contributed by atoms with E-state index in [9.17, 15) is 18.5 Å². The van der Waals surface area contributed by atoms with E-state index in [4.69, 9.17) is 31.0 Å². The van der Waals surface area contributed by atoms with Crippen molar-refractivity contribution >= 4 is 27.3 Å². The topological polar surface area (TPSA) is 131 Å². The molecule has 11 heteroatoms. The van der Waals surface area contributed by atoms with Crippen molar-refractivity contribution < 1.29 is 27.6 Å². The highest BCUT2D eigenvalue weighted by atomic mass is 35.5. The summed E-state index contributed by atoms with van der Waals surface area (Å²) in [5.74, 6) is -0.00942. The number of fused-ring (bicyclic) bond motifs is 1. The molecule has 0 saturated heterocycles. The minimum Gasteiger partial charge on any atom is -0.486 e. The van der Waals surface area contributed by atoms with E-state index in [1.165, 1.54) is 26.4 Å². The van der Waals surface area contributed by atoms with Crippen molar-refractivity contribution in [3.8, 4) is 5.75 Å². The normalized spacial score (nSPS) is 16.6. The number of ether oxygens (including phenoxy) is 3. The Morgan fingerprint density at radius 2 is 1.94 bits per heavy atom. The molecule has 1 aliphatic carbocycles. The summed E-state index contributed by atoms with van der Waals surface area (Å²) in [7, 11) is -1.14. The summed E-state index contributed by atoms with van der Waals surface area (Å²) in [6, 6.07) is 9.04. The Hall–Kier alpha value is -2.24. The molecule has 168 valence electrons. The molecular formula is C20H23ClN2O7S. The van der Waals surface area contributed by atoms with Gasteiger partial charge in [-0.1, -0.05) is 23.7 Å². The molecule has 1 unspecified atom stereocenters. The molecule has 0 amide bonds. The van der Waals surface area contributed by atoms with Crippen LogP contribution in [0.3, 0.4) is 0 Å². The Bertz CT molecular complexity index is 1090. The second kappa shape index (κ2) is 9.09. The van der Waals surface area contributed by atoms with Crippen LogP contribution < -0.4 is 9.88 Å². The highest BCUT2D eigenvalue weighted by molar-refractivity contribution is 7.89. The van der Waals surface area contributed by atoms with Crippen molar-refractivity contribution in [3.63, 3.8) is 0 Å². The van der Waals surface area contributed by atoms with Crippen LogP contribution in [-0.2, 0) is 31.2 Å². The number of rotatable bonds is 8. The maximum Gasteiger partial charge on any atom is 0.312 e. The van der Waals surface area contributed by atoms with E-state index in [0.29, 0.717) is 5.56 Å². The summed E-state index contributed by atoms with van der Waals surface area (Å²) in [6.07, 6.45) is 2.60. The summed E-state index contributed by atoms with van der Waals surface area (Å²) in [5.41, 5.74) is 2.36. The molecule has 2 N–H and O–H groups in total. The first-order chi connectivity index (χ1) is 14.6. The Balaban J connectivity index is 1.84. The lowest BCUT2D eigenvalue weighted by atomic mass is 9.82. The highest BCUT2D eigenvalue weighted by Gasteiger charge is 2.31. The molecule has 0 bridgehead atoms. The van der Waals surface area contributed by atoms with Crippen LogP contribution in [0.5, 0.6) is 5.75 Å². The van der Waals surface area contributed by atoms with Gasteiger partial charge in [0.25, 0.3) is 5.25 Å². The van der Waals surface area contributed by atoms with Gasteiger partial charge in [-0.15, -0.1) is 0 Å². The van der Waals surface area contributed by atoms with Gasteiger partial charge in [0.15, 0.2) is 5.75 Å². The number of benzene rings is 2. The Kier molecular flexibility index (Phi) is 6.87. The molecule has 0 fully saturated rings. The molecule has 0 aromatic heterocycles. The number of nitro benzene ring substituents is 1. The largest absolute Gasteiger partial charge is 0.486 e. The average molecular weight is 471 g/mol. The van der Waals surface area contributed by atoms with Gasteiger partial charge < -0.3 is 14.2 Å². The molecule has 1 atom stereocenters. The summed E-state index contributed by atoms with van der Waals surface area (Å²) in [4.78, 5) is 10.4. The predicted octanol–water partition coefficient (Wildman–Crippen LogP) is 3.38. The third-order valence-corrected chi connectivity index (χ3v) is 6.78. The fourth-order valence-electron chi connectivity index (χ4n) is 3.72. The van der Waals surface area contributed by atoms with Gasteiger partial charge in [-0.2, -0.15) is 0 Å². The number of nitrogens with zero attached hydrogens (tertiary/aromatic N) is 1. The smallest absolute Gasteiger partial charge is 0.312 e. The van der Waals surface area contributed by atoms with Gasteiger partial charge in [-0.25, -0.2) is 13.6 Å². The number of hydrogen-bond donors (Lipinski definition) is 1. The number of nitrogens with two attached hydrogens (primary N) is 1. The standard InChI is InChI=1S/C20H23ClN2O7S/c1-28-20(21,29-2)15-6-8-17-13(10-15)4-3-5-14(17)12-30-19-9-7-16(31(22,26)27)11-18(19)23(24)25/h6-11,14H,3-5,12H2,1-2H3,(H2,22,26,27). The van der Waals surface area contributed by atoms with Gasteiger partial charge in [0.2, 0.25) is 10.0 Å². The van der Waals surface area contributed by atoms with E-state index in [-0.39, 0.29) is 23.2 Å². The number of nitro groups is 1. The lowest BCUT2D eigenvalue weighted by molar-refractivity contribution is -0.386. The molecule has 0 spiro atoms. The molecule has 31 heavy (non-hydrogen) atoms. The zero-order valence-corrected chi connectivity index (χ0v) is 18.6. The molecule has 2 aromatic carbocycles. The zero-order valence-electron chi connectivity index (χ0n) is 17.0. The summed E-state index contributed by atoms with van der Waals surface area (Å²) < 4.78 is 39.3. The first kappa shape index (κ1) is 23.4. The van der Waals surface area contributed by atoms with E-state index < -0.39 is 25.9 Å². The maximum atomic E-state index is 11.5. The first-order valence-electron chi connectivity index (χ1n) is 9.45. The number of methoxy groups -OCH3 is 2. The third kappa shape index (κ3) is 4.99. The molecule has 0 radical (unpaired) electrons. The molecular weight excluding hydrogens is 448 g/mol. The number of hydrogen-bond acceptors (Lipinski definition) is 7. The van der Waals surface area contributed by atoms with E-state index in [0.717, 1.165) is 36.5 Å². The molecule has 3 rings (SSSR count). The van der Waals surface area contributed by atoms with Crippen LogP contribution in [0.25, 0.3) is 0 Å². The molecule has 0 heterocycles. The maximum absolute atomic E-state index is 11.5. The molecule has 1 aliphatic rings. The van der Waals surface area contributed by atoms with Gasteiger partial charge in [0, 0.05) is 31.8 Å². The van der Waals surface area contributed by atoms with Crippen molar-refractivity contribution in [2.45, 2.75) is 35.3 Å². The Morgan fingerprint density at radius 3 is 2.55 bits per heavy atom. The fourth-order valence-corrected chi connectivity index (χ4v) is 4.37. The van der Waals surface area contributed by atoms with Crippen LogP contribution in [0.1, 0.15) is 35.4 Å². The lowest BCUT2D eigenvalue weighted by Crippen LogP contribution is -2.25. The number of primary sulfonamides is 1. The predicted molar refractivity (Wildman–Crippen MR) is 114 cm³/mol. The number of sulfonamides is 1. The zero-order chi connectivity index (χ0) is 22.8. The highest BCUT2D eigenvalue weighted by Crippen LogP contribution is 2.38. The van der Waals surface area contributed by atoms with Crippen molar-refractivity contribution in [2.75, 3.05) is 20.8 Å². The van der Waals surface area contributed by atoms with Crippen molar-refractivity contribution in [1.82, 2.24) is 0 Å². The van der Waals surface area contributed by atoms with Crippen LogP contribution in [-0.4, -0.2) is 34.2 Å². The van der Waals surface area contributed by atoms with E-state index >= 15 is 0 Å². The number of alkyl halides is 1. The lowest BCUT2D eigenvalue weighted by Gasteiger charge is -2.29. The number of halogens is 1. The van der Waals surface area contributed by atoms with Crippen LogP contribution >= 0.6 is 11.6 Å². The Morgan fingerprint density at radius 1 is 1.23 bits per heavy atom. The second-order valence-corrected chi connectivity index (χ2v) is 9.25. The summed E-state index contributed by atoms with van der Waals surface area (Å²) >= 11 is 6.36. The Labute approximate surface area is 185 Å². The summed E-state index contributed by atoms with van der Waals surface area (Å²) in [5, 5.41) is 15.1. The van der Waals surface area contributed by atoms with Gasteiger partial charge >= 0.3 is 5.69 Å². The summed E-state index contributed by atoms with van der Waals surface area (Å²) in [6.45, 7) is 0.197. The average Bonchev–Trinajstić information content (AvgIpc) is 2.75. The van der Waals surface area contributed by atoms with Crippen molar-refractivity contribution in [1.29, 1.82) is 0 Å². The van der Waals surface area contributed by atoms with Crippen LogP contribution in [0.4, 0.5) is 5.69 Å².